The van der Waals surface area contributed by atoms with Crippen molar-refractivity contribution in [2.45, 2.75) is 58.6 Å². The molecule has 0 saturated heterocycles. The number of benzene rings is 1. The number of hydrogen-bond donors (Lipinski definition) is 2. The Labute approximate surface area is 221 Å². The first-order valence-corrected chi connectivity index (χ1v) is 13.1. The highest BCUT2D eigenvalue weighted by Crippen LogP contribution is 2.34. The average molecular weight is 540 g/mol. The molecular formula is C27H27F2N5O3S. The van der Waals surface area contributed by atoms with E-state index in [4.69, 9.17) is 10.5 Å². The largest absolute Gasteiger partial charge is 0.474 e. The number of pyridine rings is 1. The van der Waals surface area contributed by atoms with Crippen LogP contribution in [0.1, 0.15) is 62.5 Å². The number of carbonyl (C=O) groups excluding carboxylic acids is 2. The Morgan fingerprint density at radius 1 is 1.11 bits per heavy atom. The molecule has 3 N–H and O–H groups in total. The lowest BCUT2D eigenvalue weighted by Gasteiger charge is -2.29. The zero-order valence-corrected chi connectivity index (χ0v) is 22.0. The summed E-state index contributed by atoms with van der Waals surface area (Å²) in [6.07, 6.45) is 3.86. The predicted molar refractivity (Wildman–Crippen MR) is 140 cm³/mol. The van der Waals surface area contributed by atoms with Gasteiger partial charge in [0.15, 0.2) is 5.82 Å². The van der Waals surface area contributed by atoms with Crippen LogP contribution in [0.4, 0.5) is 8.78 Å². The van der Waals surface area contributed by atoms with Gasteiger partial charge >= 0.3 is 0 Å². The van der Waals surface area contributed by atoms with Crippen molar-refractivity contribution in [1.82, 2.24) is 20.1 Å². The number of hydrogen-bond acceptors (Lipinski definition) is 6. The van der Waals surface area contributed by atoms with Crippen LogP contribution in [0, 0.1) is 32.4 Å². The number of amides is 2. The van der Waals surface area contributed by atoms with Crippen molar-refractivity contribution in [1.29, 1.82) is 0 Å². The molecule has 8 nitrogen and oxygen atoms in total. The van der Waals surface area contributed by atoms with Crippen molar-refractivity contribution < 1.29 is 23.1 Å². The molecule has 1 aliphatic rings. The first-order valence-electron chi connectivity index (χ1n) is 12.3. The van der Waals surface area contributed by atoms with Crippen molar-refractivity contribution in [2.75, 3.05) is 0 Å². The quantitative estimate of drug-likeness (QED) is 0.362. The van der Waals surface area contributed by atoms with Crippen LogP contribution in [0.25, 0.3) is 15.9 Å². The lowest BCUT2D eigenvalue weighted by atomic mass is 9.92. The molecule has 198 valence electrons. The van der Waals surface area contributed by atoms with E-state index in [-0.39, 0.29) is 35.2 Å². The van der Waals surface area contributed by atoms with Crippen molar-refractivity contribution in [3.8, 4) is 11.6 Å². The number of fused-ring (bicyclic) bond motifs is 1. The highest BCUT2D eigenvalue weighted by molar-refractivity contribution is 7.19. The predicted octanol–water partition coefficient (Wildman–Crippen LogP) is 4.90. The van der Waals surface area contributed by atoms with Crippen LogP contribution in [0.5, 0.6) is 5.88 Å². The lowest BCUT2D eigenvalue weighted by molar-refractivity contribution is 0.0881. The summed E-state index contributed by atoms with van der Waals surface area (Å²) < 4.78 is 35.8. The number of ether oxygens (including phenoxy) is 1. The van der Waals surface area contributed by atoms with Crippen molar-refractivity contribution in [2.24, 2.45) is 5.73 Å². The maximum atomic E-state index is 14.2. The molecule has 0 spiro atoms. The van der Waals surface area contributed by atoms with E-state index in [9.17, 15) is 18.4 Å². The van der Waals surface area contributed by atoms with Crippen LogP contribution in [-0.2, 0) is 0 Å². The molecule has 1 fully saturated rings. The number of rotatable bonds is 6. The lowest BCUT2D eigenvalue weighted by Crippen LogP contribution is -2.40. The molecule has 0 atom stereocenters. The number of nitrogens with two attached hydrogens (primary N) is 1. The number of aryl methyl sites for hydroxylation is 2. The molecule has 38 heavy (non-hydrogen) atoms. The summed E-state index contributed by atoms with van der Waals surface area (Å²) in [5.41, 5.74) is 8.57. The topological polar surface area (TPSA) is 112 Å². The zero-order valence-electron chi connectivity index (χ0n) is 21.2. The summed E-state index contributed by atoms with van der Waals surface area (Å²) in [6, 6.07) is 4.86. The molecule has 3 heterocycles. The van der Waals surface area contributed by atoms with E-state index < -0.39 is 17.5 Å². The molecule has 0 aliphatic heterocycles. The minimum Gasteiger partial charge on any atom is -0.474 e. The Kier molecular flexibility index (Phi) is 6.87. The monoisotopic (exact) mass is 539 g/mol. The zero-order chi connectivity index (χ0) is 27.1. The van der Waals surface area contributed by atoms with E-state index in [1.54, 1.807) is 24.3 Å². The Morgan fingerprint density at radius 3 is 2.53 bits per heavy atom. The van der Waals surface area contributed by atoms with E-state index >= 15 is 0 Å². The van der Waals surface area contributed by atoms with Gasteiger partial charge in [-0.2, -0.15) is 5.10 Å². The van der Waals surface area contributed by atoms with E-state index in [1.165, 1.54) is 16.9 Å². The molecular weight excluding hydrogens is 512 g/mol. The normalized spacial score (nSPS) is 17.5. The molecule has 1 aliphatic carbocycles. The summed E-state index contributed by atoms with van der Waals surface area (Å²) in [4.78, 5) is 30.8. The van der Waals surface area contributed by atoms with Gasteiger partial charge in [0.05, 0.1) is 27.7 Å². The van der Waals surface area contributed by atoms with Gasteiger partial charge in [0.25, 0.3) is 11.8 Å². The second kappa shape index (κ2) is 10.1. The maximum absolute atomic E-state index is 14.2. The van der Waals surface area contributed by atoms with Gasteiger partial charge in [0.2, 0.25) is 5.88 Å². The van der Waals surface area contributed by atoms with Gasteiger partial charge in [-0.25, -0.2) is 18.4 Å². The van der Waals surface area contributed by atoms with Gasteiger partial charge in [-0.1, -0.05) is 0 Å². The highest BCUT2D eigenvalue weighted by atomic mass is 32.1. The smallest absolute Gasteiger partial charge is 0.254 e. The van der Waals surface area contributed by atoms with Crippen LogP contribution in [0.2, 0.25) is 0 Å². The molecule has 4 aromatic rings. The molecule has 3 aromatic heterocycles. The first kappa shape index (κ1) is 25.8. The van der Waals surface area contributed by atoms with Crippen molar-refractivity contribution >= 4 is 33.4 Å². The summed E-state index contributed by atoms with van der Waals surface area (Å²) in [5, 5.41) is 7.15. The number of nitrogens with one attached hydrogen (secondary N) is 1. The van der Waals surface area contributed by atoms with Crippen molar-refractivity contribution in [3.05, 3.63) is 69.4 Å². The molecule has 1 saturated carbocycles. The minimum absolute atomic E-state index is 0.0653. The SMILES string of the molecule is Cc1sc2cc(C(N)=O)c(O[C@H]3CC[C@H](NC(=O)c4cnn(-c5ccc(F)cc5F)c4C)CC3)nc2c1C. The number of halogens is 2. The van der Waals surface area contributed by atoms with Crippen LogP contribution in [0.15, 0.2) is 30.5 Å². The molecule has 1 aromatic carbocycles. The van der Waals surface area contributed by atoms with Gasteiger partial charge in [-0.3, -0.25) is 9.59 Å². The molecule has 2 amide bonds. The second-order valence-corrected chi connectivity index (χ2v) is 10.8. The van der Waals surface area contributed by atoms with Crippen LogP contribution in [0.3, 0.4) is 0 Å². The van der Waals surface area contributed by atoms with Crippen LogP contribution < -0.4 is 15.8 Å². The van der Waals surface area contributed by atoms with Gasteiger partial charge in [0.1, 0.15) is 23.2 Å². The third kappa shape index (κ3) is 4.85. The Morgan fingerprint density at radius 2 is 1.84 bits per heavy atom. The van der Waals surface area contributed by atoms with Gasteiger partial charge < -0.3 is 15.8 Å². The Bertz CT molecular complexity index is 1560. The fourth-order valence-electron chi connectivity index (χ4n) is 4.77. The average Bonchev–Trinajstić information content (AvgIpc) is 3.38. The summed E-state index contributed by atoms with van der Waals surface area (Å²) in [7, 11) is 0. The summed E-state index contributed by atoms with van der Waals surface area (Å²) in [5.74, 6) is -2.11. The third-order valence-corrected chi connectivity index (χ3v) is 8.19. The fraction of sp³-hybridized carbons (Fsp3) is 0.333. The molecule has 0 bridgehead atoms. The molecule has 5 rings (SSSR count). The molecule has 11 heteroatoms. The van der Waals surface area contributed by atoms with E-state index in [1.807, 2.05) is 13.8 Å². The van der Waals surface area contributed by atoms with Gasteiger partial charge in [-0.15, -0.1) is 11.3 Å². The third-order valence-electron chi connectivity index (χ3n) is 7.04. The number of carbonyl (C=O) groups is 2. The summed E-state index contributed by atoms with van der Waals surface area (Å²) >= 11 is 1.57. The first-order chi connectivity index (χ1) is 18.1. The number of primary amides is 1. The maximum Gasteiger partial charge on any atom is 0.254 e. The van der Waals surface area contributed by atoms with Gasteiger partial charge in [-0.05, 0) is 70.2 Å². The van der Waals surface area contributed by atoms with Crippen LogP contribution >= 0.6 is 11.3 Å². The van der Waals surface area contributed by atoms with Crippen molar-refractivity contribution in [3.63, 3.8) is 0 Å². The van der Waals surface area contributed by atoms with E-state index in [0.717, 1.165) is 32.8 Å². The molecule has 0 radical (unpaired) electrons. The summed E-state index contributed by atoms with van der Waals surface area (Å²) in [6.45, 7) is 5.66. The van der Waals surface area contributed by atoms with Gasteiger partial charge in [0, 0.05) is 17.0 Å². The highest BCUT2D eigenvalue weighted by Gasteiger charge is 2.27. The van der Waals surface area contributed by atoms with E-state index in [2.05, 4.69) is 15.4 Å². The van der Waals surface area contributed by atoms with E-state index in [0.29, 0.717) is 36.9 Å². The second-order valence-electron chi connectivity index (χ2n) is 9.55. The standard InChI is InChI=1S/C27H27F2N5O3S/c1-13-15(3)38-23-11-19(25(30)35)27(33-24(13)23)37-18-7-5-17(6-8-18)32-26(36)20-12-31-34(14(20)2)22-9-4-16(28)10-21(22)29/h4,9-12,17-18H,5-8H2,1-3H3,(H2,30,35)(H,32,36)/t17-,18-. The minimum atomic E-state index is -0.765. The molecule has 0 unspecified atom stereocenters. The Balaban J connectivity index is 1.24. The van der Waals surface area contributed by atoms with Crippen LogP contribution in [-0.4, -0.2) is 38.7 Å². The fourth-order valence-corrected chi connectivity index (χ4v) is 5.83. The number of nitrogens with zero attached hydrogens (tertiary/aromatic N) is 3. The number of thiophene rings is 1. The Hall–Kier alpha value is -3.86. The number of aromatic nitrogens is 3.